The zero-order valence-corrected chi connectivity index (χ0v) is 17.2. The fourth-order valence-corrected chi connectivity index (χ4v) is 3.28. The first kappa shape index (κ1) is 21.2. The van der Waals surface area contributed by atoms with Crippen LogP contribution in [-0.2, 0) is 24.1 Å². The van der Waals surface area contributed by atoms with Crippen LogP contribution in [0.1, 0.15) is 55.4 Å². The third-order valence-corrected chi connectivity index (χ3v) is 4.80. The van der Waals surface area contributed by atoms with Gasteiger partial charge < -0.3 is 5.32 Å². The van der Waals surface area contributed by atoms with Gasteiger partial charge in [-0.05, 0) is 66.1 Å². The van der Waals surface area contributed by atoms with Gasteiger partial charge in [0.2, 0.25) is 5.91 Å². The molecule has 2 aromatic rings. The summed E-state index contributed by atoms with van der Waals surface area (Å²) in [4.78, 5) is 11.9. The molecule has 0 spiro atoms. The summed E-state index contributed by atoms with van der Waals surface area (Å²) in [7, 11) is 0. The highest BCUT2D eigenvalue weighted by Gasteiger charge is 2.04. The molecule has 144 valence electrons. The fraction of sp³-hybridized carbons (Fsp3) is 0.375. The highest BCUT2D eigenvalue weighted by molar-refractivity contribution is 6.30. The van der Waals surface area contributed by atoms with Crippen molar-refractivity contribution in [3.05, 3.63) is 75.8 Å². The Morgan fingerprint density at radius 1 is 0.963 bits per heavy atom. The standard InChI is InChI=1S/C24H30ClNO/c1-3-6-21-13-9-20(18-22(21)7-4-2)8-5-17-26-24(27)16-12-19-10-14-23(25)15-11-19/h9-16,18H,3-8,17H2,1-2H3,(H,26,27). The first-order valence-electron chi connectivity index (χ1n) is 9.94. The Bertz CT molecular complexity index is 749. The molecule has 0 aromatic heterocycles. The molecule has 0 aliphatic carbocycles. The van der Waals surface area contributed by atoms with Gasteiger partial charge in [-0.25, -0.2) is 0 Å². The van der Waals surface area contributed by atoms with Gasteiger partial charge in [0.15, 0.2) is 0 Å². The van der Waals surface area contributed by atoms with E-state index in [-0.39, 0.29) is 5.91 Å². The number of halogens is 1. The van der Waals surface area contributed by atoms with Gasteiger partial charge in [-0.15, -0.1) is 0 Å². The summed E-state index contributed by atoms with van der Waals surface area (Å²) in [6.45, 7) is 5.15. The SMILES string of the molecule is CCCc1ccc(CCCNC(=O)C=Cc2ccc(Cl)cc2)cc1CCC. The maximum absolute atomic E-state index is 11.9. The Morgan fingerprint density at radius 3 is 2.37 bits per heavy atom. The van der Waals surface area contributed by atoms with Gasteiger partial charge >= 0.3 is 0 Å². The summed E-state index contributed by atoms with van der Waals surface area (Å²) in [5, 5.41) is 3.65. The van der Waals surface area contributed by atoms with Crippen LogP contribution in [0.4, 0.5) is 0 Å². The van der Waals surface area contributed by atoms with Gasteiger partial charge in [0.25, 0.3) is 0 Å². The Morgan fingerprint density at radius 2 is 1.67 bits per heavy atom. The zero-order chi connectivity index (χ0) is 19.5. The summed E-state index contributed by atoms with van der Waals surface area (Å²) in [5.74, 6) is -0.0603. The van der Waals surface area contributed by atoms with Gasteiger partial charge in [0.05, 0.1) is 0 Å². The van der Waals surface area contributed by atoms with Crippen LogP contribution < -0.4 is 5.32 Å². The topological polar surface area (TPSA) is 29.1 Å². The molecule has 0 saturated heterocycles. The number of benzene rings is 2. The number of nitrogens with one attached hydrogen (secondary N) is 1. The summed E-state index contributed by atoms with van der Waals surface area (Å²) in [6, 6.07) is 14.3. The van der Waals surface area contributed by atoms with Gasteiger partial charge in [-0.2, -0.15) is 0 Å². The maximum atomic E-state index is 11.9. The highest BCUT2D eigenvalue weighted by atomic mass is 35.5. The predicted molar refractivity (Wildman–Crippen MR) is 116 cm³/mol. The molecule has 0 unspecified atom stereocenters. The number of hydrogen-bond donors (Lipinski definition) is 1. The third-order valence-electron chi connectivity index (χ3n) is 4.55. The Hall–Kier alpha value is -2.06. The molecule has 3 heteroatoms. The molecule has 27 heavy (non-hydrogen) atoms. The number of carbonyl (C=O) groups is 1. The fourth-order valence-electron chi connectivity index (χ4n) is 3.16. The molecule has 2 rings (SSSR count). The molecule has 2 aromatic carbocycles. The van der Waals surface area contributed by atoms with E-state index < -0.39 is 0 Å². The molecule has 0 bridgehead atoms. The van der Waals surface area contributed by atoms with Gasteiger partial charge in [-0.3, -0.25) is 4.79 Å². The summed E-state index contributed by atoms with van der Waals surface area (Å²) in [5.41, 5.74) is 5.31. The second-order valence-corrected chi connectivity index (χ2v) is 7.32. The van der Waals surface area contributed by atoms with Crippen LogP contribution in [-0.4, -0.2) is 12.5 Å². The Labute approximate surface area is 168 Å². The van der Waals surface area contributed by atoms with E-state index in [0.29, 0.717) is 11.6 Å². The molecule has 0 saturated carbocycles. The van der Waals surface area contributed by atoms with E-state index in [2.05, 4.69) is 37.4 Å². The van der Waals surface area contributed by atoms with Crippen molar-refractivity contribution in [3.63, 3.8) is 0 Å². The van der Waals surface area contributed by atoms with Crippen LogP contribution in [0.3, 0.4) is 0 Å². The van der Waals surface area contributed by atoms with Gasteiger partial charge in [-0.1, -0.05) is 68.6 Å². The van der Waals surface area contributed by atoms with Crippen LogP contribution in [0, 0.1) is 0 Å². The molecule has 2 nitrogen and oxygen atoms in total. The second-order valence-electron chi connectivity index (χ2n) is 6.88. The van der Waals surface area contributed by atoms with E-state index in [1.165, 1.54) is 29.5 Å². The number of amides is 1. The van der Waals surface area contributed by atoms with Gasteiger partial charge in [0.1, 0.15) is 0 Å². The van der Waals surface area contributed by atoms with Crippen LogP contribution in [0.15, 0.2) is 48.5 Å². The lowest BCUT2D eigenvalue weighted by molar-refractivity contribution is -0.116. The average Bonchev–Trinajstić information content (AvgIpc) is 2.67. The van der Waals surface area contributed by atoms with Crippen molar-refractivity contribution in [2.75, 3.05) is 6.54 Å². The first-order valence-corrected chi connectivity index (χ1v) is 10.3. The molecular formula is C24H30ClNO. The van der Waals surface area contributed by atoms with E-state index in [0.717, 1.165) is 31.2 Å². The lowest BCUT2D eigenvalue weighted by atomic mass is 9.96. The lowest BCUT2D eigenvalue weighted by Gasteiger charge is -2.11. The van der Waals surface area contributed by atoms with Crippen molar-refractivity contribution >= 4 is 23.6 Å². The van der Waals surface area contributed by atoms with Gasteiger partial charge in [0, 0.05) is 17.6 Å². The highest BCUT2D eigenvalue weighted by Crippen LogP contribution is 2.17. The van der Waals surface area contributed by atoms with E-state index in [4.69, 9.17) is 11.6 Å². The van der Waals surface area contributed by atoms with E-state index in [1.807, 2.05) is 24.3 Å². The van der Waals surface area contributed by atoms with E-state index in [9.17, 15) is 4.79 Å². The summed E-state index contributed by atoms with van der Waals surface area (Å²) < 4.78 is 0. The molecule has 0 aliphatic heterocycles. The minimum atomic E-state index is -0.0603. The van der Waals surface area contributed by atoms with Crippen molar-refractivity contribution in [2.24, 2.45) is 0 Å². The Kier molecular flexibility index (Phi) is 9.13. The normalized spacial score (nSPS) is 11.1. The largest absolute Gasteiger partial charge is 0.353 e. The molecular weight excluding hydrogens is 354 g/mol. The molecule has 0 heterocycles. The number of carbonyl (C=O) groups excluding carboxylic acids is 1. The Balaban J connectivity index is 1.77. The summed E-state index contributed by atoms with van der Waals surface area (Å²) in [6.07, 6.45) is 9.98. The number of hydrogen-bond acceptors (Lipinski definition) is 1. The second kappa shape index (κ2) is 11.6. The number of aryl methyl sites for hydroxylation is 3. The molecule has 0 atom stereocenters. The molecule has 1 N–H and O–H groups in total. The average molecular weight is 384 g/mol. The molecule has 0 fully saturated rings. The minimum Gasteiger partial charge on any atom is -0.353 e. The van der Waals surface area contributed by atoms with Crippen LogP contribution in [0.5, 0.6) is 0 Å². The van der Waals surface area contributed by atoms with Crippen LogP contribution >= 0.6 is 11.6 Å². The van der Waals surface area contributed by atoms with Crippen molar-refractivity contribution in [1.29, 1.82) is 0 Å². The quantitative estimate of drug-likeness (QED) is 0.395. The lowest BCUT2D eigenvalue weighted by Crippen LogP contribution is -2.22. The van der Waals surface area contributed by atoms with Crippen molar-refractivity contribution in [1.82, 2.24) is 5.32 Å². The summed E-state index contributed by atoms with van der Waals surface area (Å²) >= 11 is 5.86. The number of rotatable bonds is 10. The van der Waals surface area contributed by atoms with Crippen molar-refractivity contribution < 1.29 is 4.79 Å². The van der Waals surface area contributed by atoms with E-state index in [1.54, 1.807) is 12.2 Å². The first-order chi connectivity index (χ1) is 13.1. The van der Waals surface area contributed by atoms with Crippen LogP contribution in [0.2, 0.25) is 5.02 Å². The molecule has 0 aliphatic rings. The van der Waals surface area contributed by atoms with Crippen molar-refractivity contribution in [3.8, 4) is 0 Å². The van der Waals surface area contributed by atoms with Crippen LogP contribution in [0.25, 0.3) is 6.08 Å². The third kappa shape index (κ3) is 7.60. The van der Waals surface area contributed by atoms with E-state index >= 15 is 0 Å². The minimum absolute atomic E-state index is 0.0603. The van der Waals surface area contributed by atoms with Crippen molar-refractivity contribution in [2.45, 2.75) is 52.4 Å². The predicted octanol–water partition coefficient (Wildman–Crippen LogP) is 6.01. The molecule has 0 radical (unpaired) electrons. The zero-order valence-electron chi connectivity index (χ0n) is 16.4. The maximum Gasteiger partial charge on any atom is 0.243 e. The molecule has 1 amide bonds. The smallest absolute Gasteiger partial charge is 0.243 e. The monoisotopic (exact) mass is 383 g/mol.